The van der Waals surface area contributed by atoms with Gasteiger partial charge < -0.3 is 14.6 Å². The molecule has 3 aromatic rings. The van der Waals surface area contributed by atoms with Crippen LogP contribution in [0.2, 0.25) is 0 Å². The monoisotopic (exact) mass is 394 g/mol. The summed E-state index contributed by atoms with van der Waals surface area (Å²) in [7, 11) is 0. The number of carbonyl (C=O) groups excluding carboxylic acids is 2. The summed E-state index contributed by atoms with van der Waals surface area (Å²) in [5.41, 5.74) is 2.37. The fraction of sp³-hybridized carbons (Fsp3) is 0.348. The minimum absolute atomic E-state index is 0.0718. The molecule has 1 aromatic heterocycles. The van der Waals surface area contributed by atoms with Crippen molar-refractivity contribution in [1.29, 1.82) is 0 Å². The zero-order valence-corrected chi connectivity index (χ0v) is 17.2. The normalized spacial score (nSPS) is 12.2. The number of carbonyl (C=O) groups is 2. The van der Waals surface area contributed by atoms with Gasteiger partial charge in [0.25, 0.3) is 0 Å². The van der Waals surface area contributed by atoms with E-state index in [-0.39, 0.29) is 24.9 Å². The second kappa shape index (κ2) is 8.90. The molecule has 0 saturated heterocycles. The number of amides is 1. The van der Waals surface area contributed by atoms with Crippen LogP contribution in [0.5, 0.6) is 0 Å². The molecule has 6 nitrogen and oxygen atoms in total. The largest absolute Gasteiger partial charge is 0.459 e. The summed E-state index contributed by atoms with van der Waals surface area (Å²) in [5.74, 6) is -0.166. The molecule has 0 radical (unpaired) electrons. The lowest BCUT2D eigenvalue weighted by Crippen LogP contribution is -2.45. The minimum atomic E-state index is -0.724. The van der Waals surface area contributed by atoms with Gasteiger partial charge in [-0.25, -0.2) is 4.79 Å². The summed E-state index contributed by atoms with van der Waals surface area (Å²) < 4.78 is 10.5. The molecular formula is C23H26N2O4. The molecule has 1 amide bonds. The van der Waals surface area contributed by atoms with Gasteiger partial charge in [-0.1, -0.05) is 61.5 Å². The number of hydrogen-bond acceptors (Lipinski definition) is 5. The van der Waals surface area contributed by atoms with Crippen LogP contribution in [0.15, 0.2) is 47.0 Å². The molecule has 0 aliphatic rings. The first kappa shape index (κ1) is 20.6. The van der Waals surface area contributed by atoms with E-state index in [0.29, 0.717) is 11.5 Å². The van der Waals surface area contributed by atoms with Crippen molar-refractivity contribution >= 4 is 22.6 Å². The molecule has 152 valence electrons. The van der Waals surface area contributed by atoms with Gasteiger partial charge >= 0.3 is 5.97 Å². The van der Waals surface area contributed by atoms with Crippen LogP contribution in [-0.4, -0.2) is 23.1 Å². The predicted octanol–water partition coefficient (Wildman–Crippen LogP) is 3.87. The Morgan fingerprint density at radius 3 is 2.52 bits per heavy atom. The van der Waals surface area contributed by atoms with Crippen molar-refractivity contribution in [1.82, 2.24) is 10.5 Å². The third kappa shape index (κ3) is 4.83. The first-order chi connectivity index (χ1) is 13.9. The van der Waals surface area contributed by atoms with E-state index in [0.717, 1.165) is 21.9 Å². The van der Waals surface area contributed by atoms with Crippen LogP contribution in [-0.2, 0) is 27.4 Å². The summed E-state index contributed by atoms with van der Waals surface area (Å²) >= 11 is 0. The number of esters is 1. The number of rotatable bonds is 7. The molecule has 2 aromatic carbocycles. The Morgan fingerprint density at radius 1 is 1.10 bits per heavy atom. The Balaban J connectivity index is 1.66. The van der Waals surface area contributed by atoms with Crippen LogP contribution < -0.4 is 5.32 Å². The van der Waals surface area contributed by atoms with E-state index < -0.39 is 12.0 Å². The number of benzene rings is 2. The highest BCUT2D eigenvalue weighted by Gasteiger charge is 2.26. The molecule has 3 rings (SSSR count). The van der Waals surface area contributed by atoms with E-state index >= 15 is 0 Å². The van der Waals surface area contributed by atoms with E-state index in [1.54, 1.807) is 13.8 Å². The third-order valence-corrected chi connectivity index (χ3v) is 5.01. The van der Waals surface area contributed by atoms with Crippen LogP contribution in [0.4, 0.5) is 0 Å². The van der Waals surface area contributed by atoms with Crippen LogP contribution in [0.1, 0.15) is 36.4 Å². The molecule has 0 aliphatic carbocycles. The number of nitrogens with zero attached hydrogens (tertiary/aromatic N) is 1. The fourth-order valence-corrected chi connectivity index (χ4v) is 3.28. The van der Waals surface area contributed by atoms with Crippen molar-refractivity contribution in [2.45, 2.75) is 46.8 Å². The average Bonchev–Trinajstić information content (AvgIpc) is 3.02. The summed E-state index contributed by atoms with van der Waals surface area (Å²) in [6.45, 7) is 7.39. The lowest BCUT2D eigenvalue weighted by molar-refractivity contribution is -0.150. The van der Waals surface area contributed by atoms with E-state index in [2.05, 4.69) is 10.5 Å². The number of nitrogens with one attached hydrogen (secondary N) is 1. The van der Waals surface area contributed by atoms with Crippen molar-refractivity contribution in [2.24, 2.45) is 5.92 Å². The molecule has 0 saturated carbocycles. The molecule has 29 heavy (non-hydrogen) atoms. The quantitative estimate of drug-likeness (QED) is 0.615. The Labute approximate surface area is 170 Å². The smallest absolute Gasteiger partial charge is 0.329 e. The molecule has 0 aliphatic heterocycles. The van der Waals surface area contributed by atoms with Gasteiger partial charge in [-0.2, -0.15) is 0 Å². The molecule has 0 spiro atoms. The van der Waals surface area contributed by atoms with Crippen molar-refractivity contribution in [2.75, 3.05) is 0 Å². The second-order valence-electron chi connectivity index (χ2n) is 7.51. The zero-order valence-electron chi connectivity index (χ0n) is 17.2. The number of fused-ring (bicyclic) bond motifs is 1. The van der Waals surface area contributed by atoms with Gasteiger partial charge in [-0.05, 0) is 36.1 Å². The zero-order chi connectivity index (χ0) is 21.0. The van der Waals surface area contributed by atoms with Crippen LogP contribution in [0, 0.1) is 19.8 Å². The van der Waals surface area contributed by atoms with E-state index in [9.17, 15) is 9.59 Å². The Kier molecular flexibility index (Phi) is 6.32. The lowest BCUT2D eigenvalue weighted by Gasteiger charge is -2.21. The SMILES string of the molecule is Cc1noc(C)c1COC(=O)[C@H](NC(=O)Cc1cccc2ccccc12)C(C)C. The van der Waals surface area contributed by atoms with Crippen LogP contribution in [0.3, 0.4) is 0 Å². The molecule has 0 unspecified atom stereocenters. The van der Waals surface area contributed by atoms with Gasteiger partial charge in [0.1, 0.15) is 18.4 Å². The van der Waals surface area contributed by atoms with E-state index in [1.165, 1.54) is 0 Å². The Bertz CT molecular complexity index is 998. The predicted molar refractivity (Wildman–Crippen MR) is 110 cm³/mol. The summed E-state index contributed by atoms with van der Waals surface area (Å²) in [6, 6.07) is 13.1. The number of ether oxygens (including phenoxy) is 1. The van der Waals surface area contributed by atoms with E-state index in [4.69, 9.17) is 9.26 Å². The highest BCUT2D eigenvalue weighted by Crippen LogP contribution is 2.19. The van der Waals surface area contributed by atoms with Crippen molar-refractivity contribution in [3.8, 4) is 0 Å². The highest BCUT2D eigenvalue weighted by atomic mass is 16.5. The summed E-state index contributed by atoms with van der Waals surface area (Å²) in [4.78, 5) is 25.3. The second-order valence-corrected chi connectivity index (χ2v) is 7.51. The van der Waals surface area contributed by atoms with Crippen molar-refractivity contribution < 1.29 is 18.8 Å². The van der Waals surface area contributed by atoms with Gasteiger partial charge in [0, 0.05) is 0 Å². The van der Waals surface area contributed by atoms with Gasteiger partial charge in [0.05, 0.1) is 17.7 Å². The first-order valence-electron chi connectivity index (χ1n) is 9.71. The Hall–Kier alpha value is -3.15. The number of aryl methyl sites for hydroxylation is 2. The molecule has 6 heteroatoms. The maximum absolute atomic E-state index is 12.7. The molecule has 0 bridgehead atoms. The molecule has 1 N–H and O–H groups in total. The first-order valence-corrected chi connectivity index (χ1v) is 9.71. The average molecular weight is 394 g/mol. The van der Waals surface area contributed by atoms with Crippen molar-refractivity contribution in [3.63, 3.8) is 0 Å². The molecule has 1 atom stereocenters. The van der Waals surface area contributed by atoms with E-state index in [1.807, 2.05) is 56.3 Å². The summed E-state index contributed by atoms with van der Waals surface area (Å²) in [6.07, 6.45) is 0.196. The van der Waals surface area contributed by atoms with Gasteiger partial charge in [-0.15, -0.1) is 0 Å². The molecule has 1 heterocycles. The van der Waals surface area contributed by atoms with Crippen LogP contribution in [0.25, 0.3) is 10.8 Å². The topological polar surface area (TPSA) is 81.4 Å². The lowest BCUT2D eigenvalue weighted by atomic mass is 10.0. The van der Waals surface area contributed by atoms with Crippen molar-refractivity contribution in [3.05, 3.63) is 65.0 Å². The van der Waals surface area contributed by atoms with Gasteiger partial charge in [-0.3, -0.25) is 4.79 Å². The van der Waals surface area contributed by atoms with Gasteiger partial charge in [0.2, 0.25) is 5.91 Å². The number of aromatic nitrogens is 1. The molecular weight excluding hydrogens is 368 g/mol. The standard InChI is InChI=1S/C23H26N2O4/c1-14(2)22(23(27)28-13-20-15(3)25-29-16(20)4)24-21(26)12-18-10-7-9-17-8-5-6-11-19(17)18/h5-11,14,22H,12-13H2,1-4H3,(H,24,26)/t22-/m1/s1. The maximum atomic E-state index is 12.7. The molecule has 0 fully saturated rings. The highest BCUT2D eigenvalue weighted by molar-refractivity contribution is 5.91. The Morgan fingerprint density at radius 2 is 1.83 bits per heavy atom. The summed E-state index contributed by atoms with van der Waals surface area (Å²) in [5, 5.41) is 8.81. The minimum Gasteiger partial charge on any atom is -0.459 e. The maximum Gasteiger partial charge on any atom is 0.329 e. The van der Waals surface area contributed by atoms with Crippen LogP contribution >= 0.6 is 0 Å². The fourth-order valence-electron chi connectivity index (χ4n) is 3.28. The third-order valence-electron chi connectivity index (χ3n) is 5.01. The number of hydrogen-bond donors (Lipinski definition) is 1. The van der Waals surface area contributed by atoms with Gasteiger partial charge in [0.15, 0.2) is 0 Å².